The molecule has 0 aromatic rings. The zero-order chi connectivity index (χ0) is 9.19. The molecule has 0 spiro atoms. The first kappa shape index (κ1) is 8.87. The normalized spacial score (nSPS) is 28.9. The van der Waals surface area contributed by atoms with Crippen molar-refractivity contribution in [2.75, 3.05) is 7.05 Å². The maximum Gasteiger partial charge on any atom is 0.231 e. The van der Waals surface area contributed by atoms with Gasteiger partial charge in [-0.25, -0.2) is 4.99 Å². The number of rotatable bonds is 2. The molecule has 0 aromatic carbocycles. The zero-order valence-corrected chi connectivity index (χ0v) is 7.78. The maximum absolute atomic E-state index is 4.33. The van der Waals surface area contributed by atoms with Gasteiger partial charge in [0, 0.05) is 13.8 Å². The minimum absolute atomic E-state index is 0.437. The van der Waals surface area contributed by atoms with Crippen LogP contribution in [0, 0.1) is 0 Å². The molecule has 64 valence electrons. The number of hydrogen-bond acceptors (Lipinski definition) is 2. The molecule has 1 atom stereocenters. The van der Waals surface area contributed by atoms with E-state index >= 15 is 0 Å². The molecule has 0 amide bonds. The molecule has 0 bridgehead atoms. The van der Waals surface area contributed by atoms with E-state index < -0.39 is 0 Å². The van der Waals surface area contributed by atoms with Gasteiger partial charge < -0.3 is 0 Å². The van der Waals surface area contributed by atoms with Crippen LogP contribution in [0.2, 0.25) is 0 Å². The van der Waals surface area contributed by atoms with E-state index in [1.54, 1.807) is 12.3 Å². The van der Waals surface area contributed by atoms with Gasteiger partial charge in [0.25, 0.3) is 0 Å². The van der Waals surface area contributed by atoms with E-state index in [1.165, 1.54) is 0 Å². The molecule has 1 aliphatic heterocycles. The van der Waals surface area contributed by atoms with E-state index in [9.17, 15) is 0 Å². The second-order valence-electron chi connectivity index (χ2n) is 2.91. The quantitative estimate of drug-likeness (QED) is 0.440. The van der Waals surface area contributed by atoms with E-state index in [2.05, 4.69) is 16.7 Å². The number of quaternary nitrogens is 1. The fourth-order valence-corrected chi connectivity index (χ4v) is 1.02. The zero-order valence-electron chi connectivity index (χ0n) is 7.78. The van der Waals surface area contributed by atoms with Crippen LogP contribution in [-0.4, -0.2) is 23.7 Å². The van der Waals surface area contributed by atoms with Crippen LogP contribution >= 0.6 is 0 Å². The SMILES string of the molecule is C=C/C=N\[N+]1(C)C(C)=CN=C1C. The van der Waals surface area contributed by atoms with Gasteiger partial charge in [0.05, 0.1) is 12.4 Å². The van der Waals surface area contributed by atoms with Crippen molar-refractivity contribution < 1.29 is 4.59 Å². The van der Waals surface area contributed by atoms with Crippen molar-refractivity contribution in [1.82, 2.24) is 0 Å². The molecule has 1 heterocycles. The lowest BCUT2D eigenvalue weighted by Gasteiger charge is -2.21. The van der Waals surface area contributed by atoms with Gasteiger partial charge in [-0.2, -0.15) is 0 Å². The van der Waals surface area contributed by atoms with Crippen LogP contribution in [-0.2, 0) is 0 Å². The molecule has 1 rings (SSSR count). The van der Waals surface area contributed by atoms with Crippen LogP contribution in [0.4, 0.5) is 0 Å². The summed E-state index contributed by atoms with van der Waals surface area (Å²) < 4.78 is 0.437. The van der Waals surface area contributed by atoms with Crippen molar-refractivity contribution in [3.05, 3.63) is 24.6 Å². The Hall–Kier alpha value is -1.22. The summed E-state index contributed by atoms with van der Waals surface area (Å²) in [6.07, 6.45) is 5.21. The molecule has 0 saturated carbocycles. The van der Waals surface area contributed by atoms with Gasteiger partial charge >= 0.3 is 0 Å². The molecule has 0 N–H and O–H groups in total. The molecule has 1 aliphatic rings. The van der Waals surface area contributed by atoms with Crippen LogP contribution < -0.4 is 0 Å². The van der Waals surface area contributed by atoms with E-state index in [0.29, 0.717) is 4.59 Å². The topological polar surface area (TPSA) is 24.7 Å². The molecule has 3 heteroatoms. The Labute approximate surface area is 73.0 Å². The minimum atomic E-state index is 0.437. The Morgan fingerprint density at radius 2 is 2.25 bits per heavy atom. The number of aliphatic imine (C=N–C) groups is 1. The predicted octanol–water partition coefficient (Wildman–Crippen LogP) is 1.90. The largest absolute Gasteiger partial charge is 0.231 e. The third kappa shape index (κ3) is 1.23. The predicted molar refractivity (Wildman–Crippen MR) is 51.7 cm³/mol. The molecule has 0 radical (unpaired) electrons. The fraction of sp³-hybridized carbons (Fsp3) is 0.333. The smallest absolute Gasteiger partial charge is 0.201 e. The molecule has 0 aromatic heterocycles. The van der Waals surface area contributed by atoms with Gasteiger partial charge in [0.1, 0.15) is 7.05 Å². The Kier molecular flexibility index (Phi) is 2.24. The lowest BCUT2D eigenvalue weighted by molar-refractivity contribution is -0.784. The first-order chi connectivity index (χ1) is 5.61. The Balaban J connectivity index is 2.97. The van der Waals surface area contributed by atoms with E-state index in [1.807, 2.05) is 27.1 Å². The number of hydrogen-bond donors (Lipinski definition) is 0. The summed E-state index contributed by atoms with van der Waals surface area (Å²) in [5.41, 5.74) is 1.12. The van der Waals surface area contributed by atoms with Gasteiger partial charge in [-0.05, 0) is 6.08 Å². The second kappa shape index (κ2) is 3.03. The summed E-state index contributed by atoms with van der Waals surface area (Å²) in [6.45, 7) is 7.56. The average molecular weight is 164 g/mol. The molecule has 12 heavy (non-hydrogen) atoms. The maximum atomic E-state index is 4.33. The molecular formula is C9H14N3+. The minimum Gasteiger partial charge on any atom is -0.201 e. The van der Waals surface area contributed by atoms with Crippen molar-refractivity contribution in [3.8, 4) is 0 Å². The molecule has 0 saturated heterocycles. The van der Waals surface area contributed by atoms with Crippen LogP contribution in [0.1, 0.15) is 13.8 Å². The summed E-state index contributed by atoms with van der Waals surface area (Å²) in [7, 11) is 2.00. The fourth-order valence-electron chi connectivity index (χ4n) is 1.02. The van der Waals surface area contributed by atoms with Gasteiger partial charge in [-0.3, -0.25) is 0 Å². The number of nitrogens with zero attached hydrogens (tertiary/aromatic N) is 3. The van der Waals surface area contributed by atoms with Crippen molar-refractivity contribution in [2.24, 2.45) is 10.1 Å². The van der Waals surface area contributed by atoms with E-state index in [0.717, 1.165) is 11.5 Å². The van der Waals surface area contributed by atoms with Crippen molar-refractivity contribution in [2.45, 2.75) is 13.8 Å². The summed E-state index contributed by atoms with van der Waals surface area (Å²) >= 11 is 0. The highest BCUT2D eigenvalue weighted by atomic mass is 15.6. The third-order valence-corrected chi connectivity index (χ3v) is 2.16. The van der Waals surface area contributed by atoms with Crippen LogP contribution in [0.25, 0.3) is 0 Å². The molecular weight excluding hydrogens is 150 g/mol. The summed E-state index contributed by atoms with van der Waals surface area (Å²) in [5.74, 6) is 0.977. The lowest BCUT2D eigenvalue weighted by atomic mass is 10.4. The standard InChI is InChI=1S/C9H14N3/c1-5-6-11-12(4)8(2)7-10-9(12)3/h5-7H,1H2,2-4H3/q+1/b11-6-. The van der Waals surface area contributed by atoms with E-state index in [-0.39, 0.29) is 0 Å². The van der Waals surface area contributed by atoms with Crippen LogP contribution in [0.3, 0.4) is 0 Å². The van der Waals surface area contributed by atoms with Gasteiger partial charge in [0.2, 0.25) is 5.84 Å². The third-order valence-electron chi connectivity index (χ3n) is 2.16. The highest BCUT2D eigenvalue weighted by molar-refractivity contribution is 5.77. The molecule has 3 nitrogen and oxygen atoms in total. The summed E-state index contributed by atoms with van der Waals surface area (Å²) in [4.78, 5) is 4.20. The number of amidine groups is 1. The molecule has 1 unspecified atom stereocenters. The van der Waals surface area contributed by atoms with Gasteiger partial charge in [-0.1, -0.05) is 11.7 Å². The first-order valence-corrected chi connectivity index (χ1v) is 3.86. The van der Waals surface area contributed by atoms with Crippen LogP contribution in [0.5, 0.6) is 0 Å². The van der Waals surface area contributed by atoms with E-state index in [4.69, 9.17) is 0 Å². The molecule has 0 fully saturated rings. The van der Waals surface area contributed by atoms with Crippen LogP contribution in [0.15, 0.2) is 34.6 Å². The summed E-state index contributed by atoms with van der Waals surface area (Å²) in [6, 6.07) is 0. The lowest BCUT2D eigenvalue weighted by Crippen LogP contribution is -2.38. The van der Waals surface area contributed by atoms with Crippen molar-refractivity contribution in [1.29, 1.82) is 0 Å². The summed E-state index contributed by atoms with van der Waals surface area (Å²) in [5, 5.41) is 4.33. The van der Waals surface area contributed by atoms with Gasteiger partial charge in [-0.15, -0.1) is 4.59 Å². The van der Waals surface area contributed by atoms with Crippen molar-refractivity contribution in [3.63, 3.8) is 0 Å². The second-order valence-corrected chi connectivity index (χ2v) is 2.91. The number of allylic oxidation sites excluding steroid dienone is 2. The Morgan fingerprint density at radius 1 is 1.58 bits per heavy atom. The first-order valence-electron chi connectivity index (χ1n) is 3.86. The average Bonchev–Trinajstić information content (AvgIpc) is 2.30. The molecule has 0 aliphatic carbocycles. The highest BCUT2D eigenvalue weighted by Crippen LogP contribution is 2.21. The Bertz CT molecular complexity index is 266. The highest BCUT2D eigenvalue weighted by Gasteiger charge is 2.32. The monoisotopic (exact) mass is 164 g/mol. The Morgan fingerprint density at radius 3 is 2.67 bits per heavy atom. The van der Waals surface area contributed by atoms with Crippen molar-refractivity contribution >= 4 is 12.1 Å². The van der Waals surface area contributed by atoms with Gasteiger partial charge in [0.15, 0.2) is 5.70 Å².